The standard InChI is InChI=1S/C13H10BrNO/c14-12-7-13(15-16)11-6-9-4-2-1-3-8(9)5-10(11)12/h1-6,12,16H,7H2/b15-13+. The molecule has 0 bridgehead atoms. The van der Waals surface area contributed by atoms with Gasteiger partial charge in [0, 0.05) is 16.8 Å². The van der Waals surface area contributed by atoms with Crippen LogP contribution in [0, 0.1) is 0 Å². The van der Waals surface area contributed by atoms with Gasteiger partial charge in [-0.1, -0.05) is 45.4 Å². The number of oxime groups is 1. The van der Waals surface area contributed by atoms with Gasteiger partial charge in [0.2, 0.25) is 0 Å². The Hall–Kier alpha value is -1.35. The second kappa shape index (κ2) is 3.59. The highest BCUT2D eigenvalue weighted by molar-refractivity contribution is 9.09. The molecule has 0 saturated carbocycles. The number of benzene rings is 2. The van der Waals surface area contributed by atoms with E-state index in [0.29, 0.717) is 0 Å². The van der Waals surface area contributed by atoms with Crippen LogP contribution in [0.1, 0.15) is 22.4 Å². The number of hydrogen-bond donors (Lipinski definition) is 1. The molecule has 1 N–H and O–H groups in total. The van der Waals surface area contributed by atoms with Gasteiger partial charge in [0.1, 0.15) is 0 Å². The molecule has 1 unspecified atom stereocenters. The molecule has 16 heavy (non-hydrogen) atoms. The third-order valence-corrected chi connectivity index (χ3v) is 3.88. The lowest BCUT2D eigenvalue weighted by molar-refractivity contribution is 0.318. The van der Waals surface area contributed by atoms with Gasteiger partial charge in [-0.2, -0.15) is 0 Å². The summed E-state index contributed by atoms with van der Waals surface area (Å²) in [5.41, 5.74) is 3.04. The van der Waals surface area contributed by atoms with Crippen LogP contribution in [0.15, 0.2) is 41.6 Å². The average molecular weight is 276 g/mol. The number of rotatable bonds is 0. The molecule has 0 amide bonds. The molecule has 0 saturated heterocycles. The van der Waals surface area contributed by atoms with Crippen LogP contribution in [0.3, 0.4) is 0 Å². The largest absolute Gasteiger partial charge is 0.411 e. The Labute approximate surface area is 102 Å². The molecular formula is C13H10BrNO. The molecule has 3 heteroatoms. The van der Waals surface area contributed by atoms with Gasteiger partial charge in [-0.05, 0) is 28.5 Å². The monoisotopic (exact) mass is 275 g/mol. The zero-order valence-electron chi connectivity index (χ0n) is 8.52. The minimum Gasteiger partial charge on any atom is -0.411 e. The van der Waals surface area contributed by atoms with Crippen LogP contribution in [0.5, 0.6) is 0 Å². The topological polar surface area (TPSA) is 32.6 Å². The maximum absolute atomic E-state index is 8.97. The zero-order chi connectivity index (χ0) is 11.1. The maximum Gasteiger partial charge on any atom is 0.0885 e. The summed E-state index contributed by atoms with van der Waals surface area (Å²) in [5, 5.41) is 14.8. The Morgan fingerprint density at radius 1 is 1.19 bits per heavy atom. The molecule has 1 aliphatic carbocycles. The summed E-state index contributed by atoms with van der Waals surface area (Å²) < 4.78 is 0. The minimum atomic E-state index is 0.262. The van der Waals surface area contributed by atoms with E-state index in [0.717, 1.165) is 17.7 Å². The van der Waals surface area contributed by atoms with Crippen molar-refractivity contribution in [2.75, 3.05) is 0 Å². The highest BCUT2D eigenvalue weighted by Gasteiger charge is 2.26. The van der Waals surface area contributed by atoms with Crippen molar-refractivity contribution in [2.24, 2.45) is 5.16 Å². The Bertz CT molecular complexity index is 592. The lowest BCUT2D eigenvalue weighted by Gasteiger charge is -2.04. The molecule has 1 aliphatic rings. The lowest BCUT2D eigenvalue weighted by Crippen LogP contribution is -1.93. The molecule has 0 fully saturated rings. The van der Waals surface area contributed by atoms with Gasteiger partial charge in [-0.15, -0.1) is 0 Å². The molecule has 0 spiro atoms. The zero-order valence-corrected chi connectivity index (χ0v) is 10.1. The SMILES string of the molecule is O/N=C1\CC(Br)c2cc3ccccc3cc21. The van der Waals surface area contributed by atoms with E-state index in [9.17, 15) is 0 Å². The second-order valence-electron chi connectivity index (χ2n) is 4.00. The van der Waals surface area contributed by atoms with Crippen molar-refractivity contribution in [1.29, 1.82) is 0 Å². The molecule has 2 aromatic carbocycles. The first-order chi connectivity index (χ1) is 7.79. The molecule has 0 aromatic heterocycles. The molecule has 80 valence electrons. The summed E-state index contributed by atoms with van der Waals surface area (Å²) in [7, 11) is 0. The molecule has 1 atom stereocenters. The van der Waals surface area contributed by atoms with E-state index in [4.69, 9.17) is 5.21 Å². The van der Waals surface area contributed by atoms with Gasteiger partial charge in [-0.3, -0.25) is 0 Å². The van der Waals surface area contributed by atoms with Gasteiger partial charge >= 0.3 is 0 Å². The summed E-state index contributed by atoms with van der Waals surface area (Å²) in [5.74, 6) is 0. The summed E-state index contributed by atoms with van der Waals surface area (Å²) in [6, 6.07) is 12.5. The molecule has 0 radical (unpaired) electrons. The smallest absolute Gasteiger partial charge is 0.0885 e. The first kappa shape index (κ1) is 9.85. The Kier molecular flexibility index (Phi) is 2.21. The van der Waals surface area contributed by atoms with E-state index in [1.165, 1.54) is 16.3 Å². The van der Waals surface area contributed by atoms with Crippen LogP contribution in [-0.4, -0.2) is 10.9 Å². The van der Waals surface area contributed by atoms with E-state index < -0.39 is 0 Å². The number of nitrogens with zero attached hydrogens (tertiary/aromatic N) is 1. The van der Waals surface area contributed by atoms with Crippen LogP contribution in [-0.2, 0) is 0 Å². The van der Waals surface area contributed by atoms with Crippen LogP contribution in [0.2, 0.25) is 0 Å². The van der Waals surface area contributed by atoms with E-state index in [2.05, 4.69) is 45.4 Å². The Balaban J connectivity index is 2.33. The fraction of sp³-hybridized carbons (Fsp3) is 0.154. The second-order valence-corrected chi connectivity index (χ2v) is 5.11. The molecule has 3 rings (SSSR count). The van der Waals surface area contributed by atoms with Crippen molar-refractivity contribution in [3.8, 4) is 0 Å². The van der Waals surface area contributed by atoms with Gasteiger partial charge < -0.3 is 5.21 Å². The Morgan fingerprint density at radius 2 is 1.88 bits per heavy atom. The average Bonchev–Trinajstić information content (AvgIpc) is 2.63. The number of fused-ring (bicyclic) bond motifs is 2. The fourth-order valence-corrected chi connectivity index (χ4v) is 2.94. The van der Waals surface area contributed by atoms with Gasteiger partial charge in [0.25, 0.3) is 0 Å². The highest BCUT2D eigenvalue weighted by Crippen LogP contribution is 2.39. The van der Waals surface area contributed by atoms with Crippen LogP contribution < -0.4 is 0 Å². The molecule has 2 aromatic rings. The van der Waals surface area contributed by atoms with Gasteiger partial charge in [-0.25, -0.2) is 0 Å². The maximum atomic E-state index is 8.97. The lowest BCUT2D eigenvalue weighted by atomic mass is 10.0. The first-order valence-corrected chi connectivity index (χ1v) is 6.09. The molecule has 2 nitrogen and oxygen atoms in total. The van der Waals surface area contributed by atoms with Crippen LogP contribution in [0.4, 0.5) is 0 Å². The molecule has 0 aliphatic heterocycles. The summed E-state index contributed by atoms with van der Waals surface area (Å²) in [6.07, 6.45) is 0.752. The minimum absolute atomic E-state index is 0.262. The highest BCUT2D eigenvalue weighted by atomic mass is 79.9. The summed E-state index contributed by atoms with van der Waals surface area (Å²) in [6.45, 7) is 0. The van der Waals surface area contributed by atoms with Crippen molar-refractivity contribution in [3.63, 3.8) is 0 Å². The van der Waals surface area contributed by atoms with Crippen LogP contribution in [0.25, 0.3) is 10.8 Å². The molecular weight excluding hydrogens is 266 g/mol. The summed E-state index contributed by atoms with van der Waals surface area (Å²) in [4.78, 5) is 0.262. The van der Waals surface area contributed by atoms with Crippen molar-refractivity contribution in [2.45, 2.75) is 11.2 Å². The quantitative estimate of drug-likeness (QED) is 0.442. The van der Waals surface area contributed by atoms with E-state index in [1.807, 2.05) is 12.1 Å². The van der Waals surface area contributed by atoms with Crippen molar-refractivity contribution in [3.05, 3.63) is 47.5 Å². The van der Waals surface area contributed by atoms with E-state index in [1.54, 1.807) is 0 Å². The predicted molar refractivity (Wildman–Crippen MR) is 68.6 cm³/mol. The van der Waals surface area contributed by atoms with Crippen molar-refractivity contribution >= 4 is 32.4 Å². The number of alkyl halides is 1. The third-order valence-electron chi connectivity index (χ3n) is 3.06. The van der Waals surface area contributed by atoms with E-state index in [-0.39, 0.29) is 4.83 Å². The fourth-order valence-electron chi connectivity index (χ4n) is 2.25. The summed E-state index contributed by atoms with van der Waals surface area (Å²) >= 11 is 3.61. The predicted octanol–water partition coefficient (Wildman–Crippen LogP) is 3.86. The number of hydrogen-bond acceptors (Lipinski definition) is 2. The van der Waals surface area contributed by atoms with Crippen LogP contribution >= 0.6 is 15.9 Å². The van der Waals surface area contributed by atoms with Gasteiger partial charge in [0.15, 0.2) is 0 Å². The van der Waals surface area contributed by atoms with Gasteiger partial charge in [0.05, 0.1) is 5.71 Å². The normalized spacial score (nSPS) is 21.6. The van der Waals surface area contributed by atoms with Crippen molar-refractivity contribution < 1.29 is 5.21 Å². The molecule has 0 heterocycles. The Morgan fingerprint density at radius 3 is 2.56 bits per heavy atom. The van der Waals surface area contributed by atoms with Crippen molar-refractivity contribution in [1.82, 2.24) is 0 Å². The van der Waals surface area contributed by atoms with E-state index >= 15 is 0 Å². The third kappa shape index (κ3) is 1.35. The number of halogens is 1. The first-order valence-electron chi connectivity index (χ1n) is 5.17.